The molecule has 0 fully saturated rings. The van der Waals surface area contributed by atoms with Crippen molar-refractivity contribution in [1.29, 1.82) is 0 Å². The molecule has 0 bridgehead atoms. The molecule has 3 amide bonds. The molecular weight excluding hydrogens is 378 g/mol. The van der Waals surface area contributed by atoms with E-state index in [0.29, 0.717) is 11.1 Å². The van der Waals surface area contributed by atoms with Crippen LogP contribution < -0.4 is 5.32 Å². The van der Waals surface area contributed by atoms with Crippen LogP contribution in [0.5, 0.6) is 0 Å². The largest absolute Gasteiger partial charge is 0.361 e. The van der Waals surface area contributed by atoms with Crippen LogP contribution in [0.1, 0.15) is 26.3 Å². The molecule has 0 spiro atoms. The summed E-state index contributed by atoms with van der Waals surface area (Å²) >= 11 is 0. The first-order chi connectivity index (χ1) is 14.6. The topological polar surface area (TPSA) is 82.3 Å². The molecule has 3 aromatic carbocycles. The highest BCUT2D eigenvalue weighted by Gasteiger charge is 2.35. The van der Waals surface area contributed by atoms with Crippen molar-refractivity contribution in [3.8, 4) is 0 Å². The Morgan fingerprint density at radius 1 is 0.900 bits per heavy atom. The highest BCUT2D eigenvalue weighted by molar-refractivity contribution is 6.23. The molecule has 0 radical (unpaired) electrons. The lowest BCUT2D eigenvalue weighted by Crippen LogP contribution is -2.38. The maximum atomic E-state index is 12.7. The number of para-hydroxylation sites is 1. The number of H-pyrrole nitrogens is 1. The van der Waals surface area contributed by atoms with E-state index in [1.54, 1.807) is 12.1 Å². The number of fused-ring (bicyclic) bond motifs is 3. The van der Waals surface area contributed by atoms with Crippen molar-refractivity contribution in [3.05, 3.63) is 83.6 Å². The van der Waals surface area contributed by atoms with Crippen LogP contribution in [-0.4, -0.2) is 40.7 Å². The Balaban J connectivity index is 1.24. The highest BCUT2D eigenvalue weighted by Crippen LogP contribution is 2.27. The van der Waals surface area contributed by atoms with Gasteiger partial charge in [0.05, 0.1) is 17.5 Å². The Morgan fingerprint density at radius 2 is 1.53 bits per heavy atom. The molecule has 1 aliphatic heterocycles. The highest BCUT2D eigenvalue weighted by atomic mass is 16.2. The summed E-state index contributed by atoms with van der Waals surface area (Å²) in [5.41, 5.74) is 2.74. The van der Waals surface area contributed by atoms with Gasteiger partial charge in [0.15, 0.2) is 0 Å². The van der Waals surface area contributed by atoms with Crippen LogP contribution in [0.4, 0.5) is 0 Å². The number of benzene rings is 3. The monoisotopic (exact) mass is 397 g/mol. The van der Waals surface area contributed by atoms with Gasteiger partial charge in [0.2, 0.25) is 5.91 Å². The van der Waals surface area contributed by atoms with Crippen molar-refractivity contribution < 1.29 is 14.4 Å². The van der Waals surface area contributed by atoms with Crippen molar-refractivity contribution in [1.82, 2.24) is 15.2 Å². The summed E-state index contributed by atoms with van der Waals surface area (Å²) in [4.78, 5) is 42.1. The van der Waals surface area contributed by atoms with Gasteiger partial charge in [0.1, 0.15) is 0 Å². The van der Waals surface area contributed by atoms with E-state index in [2.05, 4.69) is 10.3 Å². The fourth-order valence-corrected chi connectivity index (χ4v) is 4.00. The summed E-state index contributed by atoms with van der Waals surface area (Å²) in [6, 6.07) is 19.0. The van der Waals surface area contributed by atoms with Gasteiger partial charge in [-0.15, -0.1) is 0 Å². The van der Waals surface area contributed by atoms with Gasteiger partial charge in [-0.2, -0.15) is 0 Å². The Bertz CT molecular complexity index is 1270. The molecule has 6 nitrogen and oxygen atoms in total. The average Bonchev–Trinajstić information content (AvgIpc) is 3.27. The minimum atomic E-state index is -0.313. The number of hydrogen-bond donors (Lipinski definition) is 2. The lowest BCUT2D eigenvalue weighted by Gasteiger charge is -2.14. The number of aromatic amines is 1. The molecular formula is C24H19N3O3. The minimum absolute atomic E-state index is 0.141. The molecule has 1 aliphatic rings. The number of nitrogens with one attached hydrogen (secondary N) is 2. The van der Waals surface area contributed by atoms with E-state index >= 15 is 0 Å². The predicted molar refractivity (Wildman–Crippen MR) is 114 cm³/mol. The molecule has 4 aromatic rings. The normalized spacial score (nSPS) is 13.3. The Kier molecular flexibility index (Phi) is 4.32. The molecule has 0 atom stereocenters. The van der Waals surface area contributed by atoms with Crippen molar-refractivity contribution >= 4 is 39.4 Å². The van der Waals surface area contributed by atoms with Crippen LogP contribution >= 0.6 is 0 Å². The number of rotatable bonds is 5. The van der Waals surface area contributed by atoms with Gasteiger partial charge in [-0.1, -0.05) is 42.5 Å². The number of hydrogen-bond acceptors (Lipinski definition) is 3. The zero-order valence-corrected chi connectivity index (χ0v) is 16.1. The maximum Gasteiger partial charge on any atom is 0.261 e. The van der Waals surface area contributed by atoms with Gasteiger partial charge in [0.25, 0.3) is 11.8 Å². The lowest BCUT2D eigenvalue weighted by molar-refractivity contribution is -0.120. The fourth-order valence-electron chi connectivity index (χ4n) is 4.00. The van der Waals surface area contributed by atoms with Gasteiger partial charge >= 0.3 is 0 Å². The Labute approximate surface area is 172 Å². The van der Waals surface area contributed by atoms with Crippen molar-refractivity contribution in [2.24, 2.45) is 0 Å². The first-order valence-corrected chi connectivity index (χ1v) is 9.82. The molecule has 148 valence electrons. The van der Waals surface area contributed by atoms with Gasteiger partial charge in [-0.25, -0.2) is 0 Å². The molecule has 5 rings (SSSR count). The molecule has 30 heavy (non-hydrogen) atoms. The third-order valence-electron chi connectivity index (χ3n) is 5.52. The van der Waals surface area contributed by atoms with E-state index in [4.69, 9.17) is 0 Å². The molecule has 2 heterocycles. The lowest BCUT2D eigenvalue weighted by atomic mass is 10.0. The summed E-state index contributed by atoms with van der Waals surface area (Å²) in [6.45, 7) is 0.356. The second kappa shape index (κ2) is 7.15. The van der Waals surface area contributed by atoms with Crippen molar-refractivity contribution in [2.45, 2.75) is 6.42 Å². The van der Waals surface area contributed by atoms with Gasteiger partial charge in [0, 0.05) is 30.2 Å². The van der Waals surface area contributed by atoms with Crippen molar-refractivity contribution in [2.75, 3.05) is 13.1 Å². The SMILES string of the molecule is O=C(Cc1c[nH]c2ccccc12)NCCN1C(=O)c2cc3ccccc3cc2C1=O. The predicted octanol–water partition coefficient (Wildman–Crippen LogP) is 3.28. The Hall–Kier alpha value is -3.93. The zero-order valence-electron chi connectivity index (χ0n) is 16.1. The van der Waals surface area contributed by atoms with E-state index < -0.39 is 0 Å². The van der Waals surface area contributed by atoms with Crippen molar-refractivity contribution in [3.63, 3.8) is 0 Å². The molecule has 1 aromatic heterocycles. The van der Waals surface area contributed by atoms with E-state index in [1.165, 1.54) is 4.90 Å². The summed E-state index contributed by atoms with van der Waals surface area (Å²) in [5.74, 6) is -0.777. The number of carbonyl (C=O) groups is 3. The van der Waals surface area contributed by atoms with Crippen LogP contribution in [0.25, 0.3) is 21.7 Å². The van der Waals surface area contributed by atoms with Gasteiger partial charge in [-0.05, 0) is 34.5 Å². The van der Waals surface area contributed by atoms with Gasteiger partial charge in [-0.3, -0.25) is 19.3 Å². The molecule has 0 saturated heterocycles. The number of aromatic nitrogens is 1. The quantitative estimate of drug-likeness (QED) is 0.507. The fraction of sp³-hybridized carbons (Fsp3) is 0.125. The summed E-state index contributed by atoms with van der Waals surface area (Å²) in [6.07, 6.45) is 2.07. The standard InChI is InChI=1S/C24H19N3O3/c28-22(13-17-14-26-21-8-4-3-7-18(17)21)25-9-10-27-23(29)19-11-15-5-1-2-6-16(15)12-20(19)24(27)30/h1-8,11-12,14,26H,9-10,13H2,(H,25,28). The van der Waals surface area contributed by atoms with Gasteiger partial charge < -0.3 is 10.3 Å². The Morgan fingerprint density at radius 3 is 2.23 bits per heavy atom. The van der Waals surface area contributed by atoms with Crippen LogP contribution in [0.2, 0.25) is 0 Å². The van der Waals surface area contributed by atoms with E-state index in [1.807, 2.05) is 54.7 Å². The third-order valence-corrected chi connectivity index (χ3v) is 5.52. The number of amides is 3. The summed E-state index contributed by atoms with van der Waals surface area (Å²) in [7, 11) is 0. The van der Waals surface area contributed by atoms with Crippen LogP contribution in [0.15, 0.2) is 66.9 Å². The van der Waals surface area contributed by atoms with E-state index in [9.17, 15) is 14.4 Å². The minimum Gasteiger partial charge on any atom is -0.361 e. The van der Waals surface area contributed by atoms with Crippen LogP contribution in [0.3, 0.4) is 0 Å². The second-order valence-electron chi connectivity index (χ2n) is 7.39. The second-order valence-corrected chi connectivity index (χ2v) is 7.39. The number of imide groups is 1. The zero-order chi connectivity index (χ0) is 20.7. The average molecular weight is 397 g/mol. The molecule has 2 N–H and O–H groups in total. The summed E-state index contributed by atoms with van der Waals surface area (Å²) < 4.78 is 0. The first kappa shape index (κ1) is 18.1. The smallest absolute Gasteiger partial charge is 0.261 e. The molecule has 0 saturated carbocycles. The van der Waals surface area contributed by atoms with E-state index in [0.717, 1.165) is 27.2 Å². The number of carbonyl (C=O) groups excluding carboxylic acids is 3. The van der Waals surface area contributed by atoms with Crippen LogP contribution in [-0.2, 0) is 11.2 Å². The molecule has 0 unspecified atom stereocenters. The van der Waals surface area contributed by atoms with E-state index in [-0.39, 0.29) is 37.2 Å². The van der Waals surface area contributed by atoms with Crippen LogP contribution in [0, 0.1) is 0 Å². The molecule has 6 heteroatoms. The summed E-state index contributed by atoms with van der Waals surface area (Å²) in [5, 5.41) is 5.67. The third kappa shape index (κ3) is 3.03. The maximum absolute atomic E-state index is 12.7. The molecule has 0 aliphatic carbocycles. The first-order valence-electron chi connectivity index (χ1n) is 9.82. The number of nitrogens with zero attached hydrogens (tertiary/aromatic N) is 1.